The largest absolute Gasteiger partial charge is 0.507 e. The molecule has 3 nitrogen and oxygen atoms in total. The van der Waals surface area contributed by atoms with E-state index in [1.165, 1.54) is 12.1 Å². The lowest BCUT2D eigenvalue weighted by atomic mass is 10.1. The van der Waals surface area contributed by atoms with E-state index in [1.807, 2.05) is 12.1 Å². The molecule has 0 amide bonds. The van der Waals surface area contributed by atoms with Gasteiger partial charge in [0.2, 0.25) is 0 Å². The fourth-order valence-corrected chi connectivity index (χ4v) is 0.873. The van der Waals surface area contributed by atoms with Crippen LogP contribution in [0.15, 0.2) is 18.2 Å². The number of phenols is 1. The van der Waals surface area contributed by atoms with E-state index in [-0.39, 0.29) is 17.7 Å². The van der Waals surface area contributed by atoms with E-state index < -0.39 is 0 Å². The van der Waals surface area contributed by atoms with Crippen LogP contribution in [0.2, 0.25) is 0 Å². The number of hydrogen-bond donors (Lipinski definition) is 1. The molecule has 0 atom stereocenters. The van der Waals surface area contributed by atoms with Gasteiger partial charge in [-0.3, -0.25) is 0 Å². The monoisotopic (exact) mass is 158 g/mol. The Labute approximate surface area is 70.1 Å². The molecule has 0 aliphatic heterocycles. The number of rotatable bonds is 1. The zero-order valence-corrected chi connectivity index (χ0v) is 6.28. The fraction of sp³-hybridized carbons (Fsp3) is 0.111. The van der Waals surface area contributed by atoms with Gasteiger partial charge in [0.15, 0.2) is 0 Å². The maximum atomic E-state index is 9.19. The summed E-state index contributed by atoms with van der Waals surface area (Å²) in [4.78, 5) is 0. The second kappa shape index (κ2) is 3.41. The van der Waals surface area contributed by atoms with Crippen molar-refractivity contribution in [2.24, 2.45) is 0 Å². The van der Waals surface area contributed by atoms with Gasteiger partial charge in [-0.15, -0.1) is 0 Å². The van der Waals surface area contributed by atoms with Crippen LogP contribution in [0.3, 0.4) is 0 Å². The minimum Gasteiger partial charge on any atom is -0.507 e. The van der Waals surface area contributed by atoms with Gasteiger partial charge in [-0.25, -0.2) is 0 Å². The van der Waals surface area contributed by atoms with Crippen molar-refractivity contribution >= 4 is 0 Å². The van der Waals surface area contributed by atoms with Crippen molar-refractivity contribution in [2.75, 3.05) is 0 Å². The molecule has 0 spiro atoms. The molecule has 0 saturated heterocycles. The Balaban J connectivity index is 3.06. The molecular weight excluding hydrogens is 152 g/mol. The Kier molecular flexibility index (Phi) is 2.30. The van der Waals surface area contributed by atoms with E-state index in [0.29, 0.717) is 5.56 Å². The van der Waals surface area contributed by atoms with Crippen molar-refractivity contribution in [1.29, 1.82) is 10.5 Å². The lowest BCUT2D eigenvalue weighted by molar-refractivity contribution is 0.473. The van der Waals surface area contributed by atoms with Crippen LogP contribution in [0, 0.1) is 22.7 Å². The van der Waals surface area contributed by atoms with Crippen molar-refractivity contribution in [1.82, 2.24) is 0 Å². The van der Waals surface area contributed by atoms with Crippen molar-refractivity contribution in [3.8, 4) is 17.9 Å². The first-order chi connectivity index (χ1) is 5.77. The zero-order chi connectivity index (χ0) is 8.97. The number of aromatic hydroxyl groups is 1. The van der Waals surface area contributed by atoms with Gasteiger partial charge in [0.1, 0.15) is 11.8 Å². The molecule has 12 heavy (non-hydrogen) atoms. The van der Waals surface area contributed by atoms with E-state index in [4.69, 9.17) is 10.5 Å². The molecule has 0 aliphatic carbocycles. The number of nitrogens with zero attached hydrogens (tertiary/aromatic N) is 2. The maximum absolute atomic E-state index is 9.19. The molecule has 0 aliphatic rings. The highest BCUT2D eigenvalue weighted by molar-refractivity contribution is 5.44. The van der Waals surface area contributed by atoms with Crippen LogP contribution >= 0.6 is 0 Å². The summed E-state index contributed by atoms with van der Waals surface area (Å²) in [5.74, 6) is -0.0646. The molecule has 0 heterocycles. The quantitative estimate of drug-likeness (QED) is 0.670. The number of hydrogen-bond acceptors (Lipinski definition) is 3. The average Bonchev–Trinajstić information content (AvgIpc) is 2.05. The Morgan fingerprint density at radius 3 is 2.58 bits per heavy atom. The van der Waals surface area contributed by atoms with E-state index in [9.17, 15) is 5.11 Å². The molecule has 3 heteroatoms. The highest BCUT2D eigenvalue weighted by atomic mass is 16.3. The summed E-state index contributed by atoms with van der Waals surface area (Å²) < 4.78 is 0. The van der Waals surface area contributed by atoms with Crippen LogP contribution in [0.25, 0.3) is 0 Å². The zero-order valence-electron chi connectivity index (χ0n) is 6.28. The predicted octanol–water partition coefficient (Wildman–Crippen LogP) is 1.33. The second-order valence-electron chi connectivity index (χ2n) is 2.30. The molecule has 1 aromatic carbocycles. The van der Waals surface area contributed by atoms with Crippen LogP contribution in [-0.4, -0.2) is 5.11 Å². The summed E-state index contributed by atoms with van der Waals surface area (Å²) in [5, 5.41) is 26.0. The van der Waals surface area contributed by atoms with Crippen LogP contribution in [0.4, 0.5) is 0 Å². The second-order valence-corrected chi connectivity index (χ2v) is 2.30. The molecule has 1 rings (SSSR count). The Morgan fingerprint density at radius 2 is 2.08 bits per heavy atom. The Hall–Kier alpha value is -2.00. The molecule has 0 saturated carbocycles. The molecule has 1 N–H and O–H groups in total. The lowest BCUT2D eigenvalue weighted by Crippen LogP contribution is -1.83. The van der Waals surface area contributed by atoms with Gasteiger partial charge in [0, 0.05) is 0 Å². The average molecular weight is 158 g/mol. The van der Waals surface area contributed by atoms with Crippen LogP contribution in [-0.2, 0) is 6.42 Å². The highest BCUT2D eigenvalue weighted by Gasteiger charge is 2.00. The molecule has 58 valence electrons. The van der Waals surface area contributed by atoms with E-state index in [0.717, 1.165) is 0 Å². The summed E-state index contributed by atoms with van der Waals surface area (Å²) >= 11 is 0. The minimum atomic E-state index is -0.0646. The van der Waals surface area contributed by atoms with E-state index >= 15 is 0 Å². The standard InChI is InChI=1S/C9H6N2O/c10-4-3-7-1-2-8(6-11)9(12)5-7/h1-2,5,12H,3H2. The number of phenolic OH excluding ortho intramolecular Hbond substituents is 1. The van der Waals surface area contributed by atoms with Crippen LogP contribution in [0.5, 0.6) is 5.75 Å². The van der Waals surface area contributed by atoms with Crippen LogP contribution < -0.4 is 0 Å². The van der Waals surface area contributed by atoms with Crippen LogP contribution in [0.1, 0.15) is 11.1 Å². The highest BCUT2D eigenvalue weighted by Crippen LogP contribution is 2.17. The van der Waals surface area contributed by atoms with Gasteiger partial charge in [0.25, 0.3) is 0 Å². The Morgan fingerprint density at radius 1 is 1.33 bits per heavy atom. The normalized spacial score (nSPS) is 8.50. The summed E-state index contributed by atoms with van der Waals surface area (Å²) in [6.07, 6.45) is 0.249. The molecule has 0 radical (unpaired) electrons. The first-order valence-corrected chi connectivity index (χ1v) is 3.37. The SMILES string of the molecule is N#CCc1ccc(C#N)c(O)c1. The summed E-state index contributed by atoms with van der Waals surface area (Å²) in [6.45, 7) is 0. The summed E-state index contributed by atoms with van der Waals surface area (Å²) in [7, 11) is 0. The maximum Gasteiger partial charge on any atom is 0.133 e. The first-order valence-electron chi connectivity index (χ1n) is 3.37. The molecular formula is C9H6N2O. The van der Waals surface area contributed by atoms with Crippen molar-refractivity contribution in [3.63, 3.8) is 0 Å². The predicted molar refractivity (Wildman–Crippen MR) is 42.1 cm³/mol. The molecule has 0 unspecified atom stereocenters. The van der Waals surface area contributed by atoms with Gasteiger partial charge in [-0.05, 0) is 17.7 Å². The third kappa shape index (κ3) is 1.53. The van der Waals surface area contributed by atoms with Crippen molar-refractivity contribution in [2.45, 2.75) is 6.42 Å². The van der Waals surface area contributed by atoms with Crippen molar-refractivity contribution in [3.05, 3.63) is 29.3 Å². The Bertz CT molecular complexity index is 371. The number of nitriles is 2. The van der Waals surface area contributed by atoms with Gasteiger partial charge < -0.3 is 5.11 Å². The van der Waals surface area contributed by atoms with Gasteiger partial charge in [-0.1, -0.05) is 6.07 Å². The van der Waals surface area contributed by atoms with Gasteiger partial charge in [0.05, 0.1) is 18.1 Å². The molecule has 0 aromatic heterocycles. The number of benzene rings is 1. The lowest BCUT2D eigenvalue weighted by Gasteiger charge is -1.97. The molecule has 0 bridgehead atoms. The topological polar surface area (TPSA) is 67.8 Å². The third-order valence-corrected chi connectivity index (χ3v) is 1.47. The first kappa shape index (κ1) is 8.10. The minimum absolute atomic E-state index is 0.0646. The summed E-state index contributed by atoms with van der Waals surface area (Å²) in [5.41, 5.74) is 0.950. The third-order valence-electron chi connectivity index (χ3n) is 1.47. The van der Waals surface area contributed by atoms with E-state index in [2.05, 4.69) is 0 Å². The van der Waals surface area contributed by atoms with Gasteiger partial charge in [-0.2, -0.15) is 10.5 Å². The van der Waals surface area contributed by atoms with Gasteiger partial charge >= 0.3 is 0 Å². The smallest absolute Gasteiger partial charge is 0.133 e. The van der Waals surface area contributed by atoms with E-state index in [1.54, 1.807) is 6.07 Å². The fourth-order valence-electron chi connectivity index (χ4n) is 0.873. The summed E-state index contributed by atoms with van der Waals surface area (Å²) in [6, 6.07) is 8.37. The van der Waals surface area contributed by atoms with Crippen molar-refractivity contribution < 1.29 is 5.11 Å². The molecule has 1 aromatic rings. The molecule has 0 fully saturated rings.